The number of aldehydes is 1. The number of allylic oxidation sites excluding steroid dienone is 2. The van der Waals surface area contributed by atoms with Crippen LogP contribution in [0, 0.1) is 5.41 Å². The van der Waals surface area contributed by atoms with Crippen LogP contribution in [0.3, 0.4) is 0 Å². The number of hydrogen-bond donors (Lipinski definition) is 0. The monoisotopic (exact) mass is 318 g/mol. The zero-order valence-corrected chi connectivity index (χ0v) is 13.7. The molecule has 2 atom stereocenters. The molecule has 0 aromatic rings. The molecule has 23 heavy (non-hydrogen) atoms. The van der Waals surface area contributed by atoms with E-state index in [4.69, 9.17) is 9.47 Å². The van der Waals surface area contributed by atoms with E-state index in [2.05, 4.69) is 9.98 Å². The summed E-state index contributed by atoms with van der Waals surface area (Å²) < 4.78 is 10.6. The molecule has 0 spiro atoms. The van der Waals surface area contributed by atoms with Crippen LogP contribution in [0.15, 0.2) is 33.8 Å². The van der Waals surface area contributed by atoms with Gasteiger partial charge in [0.1, 0.15) is 12.3 Å². The molecule has 0 aromatic heterocycles. The summed E-state index contributed by atoms with van der Waals surface area (Å²) in [5, 5.41) is 0. The predicted octanol–water partition coefficient (Wildman–Crippen LogP) is 1.55. The first-order chi connectivity index (χ1) is 11.0. The van der Waals surface area contributed by atoms with Gasteiger partial charge in [0.2, 0.25) is 0 Å². The van der Waals surface area contributed by atoms with Crippen molar-refractivity contribution in [3.63, 3.8) is 0 Å². The zero-order valence-electron chi connectivity index (χ0n) is 13.7. The molecule has 1 aliphatic carbocycles. The molecule has 1 heterocycles. The summed E-state index contributed by atoms with van der Waals surface area (Å²) in [5.41, 5.74) is 1.09. The number of rotatable bonds is 6. The Labute approximate surface area is 136 Å². The summed E-state index contributed by atoms with van der Waals surface area (Å²) >= 11 is 0. The van der Waals surface area contributed by atoms with Gasteiger partial charge in [-0.15, -0.1) is 0 Å². The highest BCUT2D eigenvalue weighted by Gasteiger charge is 2.30. The second kappa shape index (κ2) is 7.46. The van der Waals surface area contributed by atoms with E-state index in [0.717, 1.165) is 17.6 Å². The van der Waals surface area contributed by atoms with E-state index in [1.54, 1.807) is 20.1 Å². The molecule has 0 bridgehead atoms. The quantitative estimate of drug-likeness (QED) is 0.550. The van der Waals surface area contributed by atoms with Gasteiger partial charge in [-0.05, 0) is 25.8 Å². The lowest BCUT2D eigenvalue weighted by atomic mass is 9.94. The second-order valence-corrected chi connectivity index (χ2v) is 6.19. The molecule has 124 valence electrons. The van der Waals surface area contributed by atoms with Crippen LogP contribution in [-0.2, 0) is 19.1 Å². The summed E-state index contributed by atoms with van der Waals surface area (Å²) in [5.74, 6) is -0.286. The fourth-order valence-corrected chi connectivity index (χ4v) is 2.26. The minimum Gasteiger partial charge on any atom is -0.469 e. The summed E-state index contributed by atoms with van der Waals surface area (Å²) in [4.78, 5) is 30.8. The van der Waals surface area contributed by atoms with Crippen LogP contribution in [0.1, 0.15) is 20.3 Å². The molecule has 6 nitrogen and oxygen atoms in total. The number of carbonyl (C=O) groups excluding carboxylic acids is 2. The molecule has 0 amide bonds. The third-order valence-corrected chi connectivity index (χ3v) is 3.75. The van der Waals surface area contributed by atoms with Gasteiger partial charge in [-0.3, -0.25) is 14.8 Å². The van der Waals surface area contributed by atoms with Crippen molar-refractivity contribution in [1.82, 2.24) is 0 Å². The van der Waals surface area contributed by atoms with E-state index in [-0.39, 0.29) is 18.1 Å². The van der Waals surface area contributed by atoms with E-state index >= 15 is 0 Å². The normalized spacial score (nSPS) is 24.0. The highest BCUT2D eigenvalue weighted by atomic mass is 16.5. The van der Waals surface area contributed by atoms with Gasteiger partial charge in [0.15, 0.2) is 0 Å². The van der Waals surface area contributed by atoms with Crippen LogP contribution < -0.4 is 0 Å². The third kappa shape index (κ3) is 4.45. The lowest BCUT2D eigenvalue weighted by Crippen LogP contribution is -2.32. The van der Waals surface area contributed by atoms with E-state index in [1.165, 1.54) is 7.11 Å². The molecule has 0 N–H and O–H groups in total. The Kier molecular flexibility index (Phi) is 5.60. The van der Waals surface area contributed by atoms with Crippen molar-refractivity contribution < 1.29 is 19.1 Å². The van der Waals surface area contributed by atoms with Crippen molar-refractivity contribution in [2.75, 3.05) is 20.3 Å². The third-order valence-electron chi connectivity index (χ3n) is 3.75. The predicted molar refractivity (Wildman–Crippen MR) is 88.0 cm³/mol. The first-order valence-corrected chi connectivity index (χ1v) is 7.58. The van der Waals surface area contributed by atoms with Gasteiger partial charge in [-0.1, -0.05) is 18.2 Å². The van der Waals surface area contributed by atoms with Crippen LogP contribution >= 0.6 is 0 Å². The minimum absolute atomic E-state index is 0.0773. The van der Waals surface area contributed by atoms with E-state index < -0.39 is 5.41 Å². The zero-order chi connectivity index (χ0) is 16.9. The lowest BCUT2D eigenvalue weighted by molar-refractivity contribution is -0.154. The molecule has 6 heteroatoms. The summed E-state index contributed by atoms with van der Waals surface area (Å²) in [6.07, 6.45) is 8.98. The maximum absolute atomic E-state index is 11.6. The highest BCUT2D eigenvalue weighted by molar-refractivity contribution is 6.39. The van der Waals surface area contributed by atoms with Crippen LogP contribution in [-0.4, -0.2) is 56.6 Å². The number of carbonyl (C=O) groups is 2. The van der Waals surface area contributed by atoms with Crippen molar-refractivity contribution in [2.24, 2.45) is 15.4 Å². The Bertz CT molecular complexity index is 587. The average Bonchev–Trinajstić information content (AvgIpc) is 2.60. The largest absolute Gasteiger partial charge is 0.469 e. The van der Waals surface area contributed by atoms with Crippen LogP contribution in [0.25, 0.3) is 0 Å². The number of methoxy groups -OCH3 is 1. The molecule has 2 unspecified atom stereocenters. The molecule has 0 fully saturated rings. The molecule has 2 aliphatic rings. The van der Waals surface area contributed by atoms with Crippen molar-refractivity contribution in [1.29, 1.82) is 0 Å². The first kappa shape index (κ1) is 17.3. The van der Waals surface area contributed by atoms with Crippen LogP contribution in [0.4, 0.5) is 0 Å². The molecule has 2 rings (SSSR count). The number of hydrogen-bond acceptors (Lipinski definition) is 6. The molecular weight excluding hydrogens is 296 g/mol. The maximum Gasteiger partial charge on any atom is 0.313 e. The highest BCUT2D eigenvalue weighted by Crippen LogP contribution is 2.21. The van der Waals surface area contributed by atoms with Gasteiger partial charge in [0.05, 0.1) is 37.5 Å². The van der Waals surface area contributed by atoms with E-state index in [1.807, 2.05) is 18.2 Å². The van der Waals surface area contributed by atoms with Gasteiger partial charge >= 0.3 is 5.97 Å². The smallest absolute Gasteiger partial charge is 0.313 e. The van der Waals surface area contributed by atoms with Crippen molar-refractivity contribution >= 4 is 24.2 Å². The summed E-state index contributed by atoms with van der Waals surface area (Å²) in [6, 6.07) is -0.358. The van der Waals surface area contributed by atoms with Crippen LogP contribution in [0.2, 0.25) is 0 Å². The molecule has 1 aliphatic heterocycles. The van der Waals surface area contributed by atoms with E-state index in [0.29, 0.717) is 19.6 Å². The van der Waals surface area contributed by atoms with Crippen molar-refractivity contribution in [3.05, 3.63) is 23.8 Å². The molecule has 0 radical (unpaired) electrons. The van der Waals surface area contributed by atoms with Gasteiger partial charge in [-0.2, -0.15) is 0 Å². The first-order valence-electron chi connectivity index (χ1n) is 7.58. The maximum atomic E-state index is 11.6. The van der Waals surface area contributed by atoms with Gasteiger partial charge in [0.25, 0.3) is 0 Å². The fraction of sp³-hybridized carbons (Fsp3) is 0.529. The van der Waals surface area contributed by atoms with Gasteiger partial charge < -0.3 is 14.3 Å². The Morgan fingerprint density at radius 3 is 2.78 bits per heavy atom. The number of aliphatic imine (C=N–C) groups is 2. The minimum atomic E-state index is -0.670. The summed E-state index contributed by atoms with van der Waals surface area (Å²) in [6.45, 7) is 4.28. The topological polar surface area (TPSA) is 77.3 Å². The fourth-order valence-electron chi connectivity index (χ4n) is 2.26. The Balaban J connectivity index is 1.87. The Morgan fingerprint density at radius 1 is 1.48 bits per heavy atom. The number of ether oxygens (including phenoxy) is 2. The standard InChI is InChI=1S/C17H22N2O4/c1-17(2,16(21)22-3)11-23-14-6-4-12(5-7-14)15-9-18-13(10-20)8-19-15/h4-6,9-10,13-14H,7-8,11H2,1-3H3. The Hall–Kier alpha value is -2.08. The Morgan fingerprint density at radius 2 is 2.26 bits per heavy atom. The molecule has 0 saturated heterocycles. The molecule has 0 saturated carbocycles. The lowest BCUT2D eigenvalue weighted by Gasteiger charge is -2.25. The van der Waals surface area contributed by atoms with Gasteiger partial charge in [0, 0.05) is 6.21 Å². The number of nitrogens with zero attached hydrogens (tertiary/aromatic N) is 2. The SMILES string of the molecule is COC(=O)C(C)(C)COC1C=CC(C2=NCC(C=O)N=C2)=CC1. The second-order valence-electron chi connectivity index (χ2n) is 6.19. The average molecular weight is 318 g/mol. The number of esters is 1. The summed E-state index contributed by atoms with van der Waals surface area (Å²) in [7, 11) is 1.38. The van der Waals surface area contributed by atoms with Crippen LogP contribution in [0.5, 0.6) is 0 Å². The molecular formula is C17H22N2O4. The van der Waals surface area contributed by atoms with Crippen molar-refractivity contribution in [3.8, 4) is 0 Å². The van der Waals surface area contributed by atoms with Crippen molar-refractivity contribution in [2.45, 2.75) is 32.4 Å². The molecule has 0 aromatic carbocycles. The van der Waals surface area contributed by atoms with E-state index in [9.17, 15) is 9.59 Å². The van der Waals surface area contributed by atoms with Gasteiger partial charge in [-0.25, -0.2) is 0 Å².